The van der Waals surface area contributed by atoms with Crippen molar-refractivity contribution in [2.24, 2.45) is 4.40 Å². The van der Waals surface area contributed by atoms with Gasteiger partial charge in [-0.05, 0) is 66.1 Å². The van der Waals surface area contributed by atoms with Crippen LogP contribution in [0.1, 0.15) is 22.8 Å². The standard InChI is InChI=1S/C27H24N2O4S2/c1-3-18-29-25(19-34-27(29)28-35(31,32)24-16-10-20(4-2)11-17-24)21-12-14-23(15-13-21)33-26(30)22-8-6-5-7-9-22/h3,5-17,19H,1,4,18H2,2H3/b28-27+. The fraction of sp³-hybridized carbons (Fsp3) is 0.111. The molecular formula is C27H24N2O4S2. The van der Waals surface area contributed by atoms with Crippen molar-refractivity contribution in [3.63, 3.8) is 0 Å². The van der Waals surface area contributed by atoms with Gasteiger partial charge in [-0.15, -0.1) is 22.3 Å². The van der Waals surface area contributed by atoms with Crippen molar-refractivity contribution in [2.75, 3.05) is 0 Å². The highest BCUT2D eigenvalue weighted by Gasteiger charge is 2.15. The molecule has 0 fully saturated rings. The van der Waals surface area contributed by atoms with Crippen molar-refractivity contribution in [1.29, 1.82) is 0 Å². The summed E-state index contributed by atoms with van der Waals surface area (Å²) in [6.45, 7) is 6.19. The van der Waals surface area contributed by atoms with Gasteiger partial charge in [0.1, 0.15) is 5.75 Å². The summed E-state index contributed by atoms with van der Waals surface area (Å²) in [5, 5.41) is 1.85. The van der Waals surface area contributed by atoms with E-state index in [9.17, 15) is 13.2 Å². The van der Waals surface area contributed by atoms with Crippen molar-refractivity contribution in [3.8, 4) is 17.0 Å². The van der Waals surface area contributed by atoms with E-state index < -0.39 is 16.0 Å². The molecule has 0 aliphatic heterocycles. The van der Waals surface area contributed by atoms with Crippen LogP contribution in [-0.4, -0.2) is 19.0 Å². The Morgan fingerprint density at radius 1 is 1.03 bits per heavy atom. The number of benzene rings is 3. The molecule has 0 radical (unpaired) electrons. The molecule has 0 saturated carbocycles. The summed E-state index contributed by atoms with van der Waals surface area (Å²) in [5.74, 6) is -0.0232. The van der Waals surface area contributed by atoms with E-state index in [1.54, 1.807) is 71.3 Å². The SMILES string of the molecule is C=CCn1c(-c2ccc(OC(=O)c3ccccc3)cc2)cs/c1=N/S(=O)(=O)c1ccc(CC)cc1. The van der Waals surface area contributed by atoms with Crippen molar-refractivity contribution in [1.82, 2.24) is 4.57 Å². The number of carbonyl (C=O) groups is 1. The molecule has 3 aromatic carbocycles. The highest BCUT2D eigenvalue weighted by molar-refractivity contribution is 7.90. The van der Waals surface area contributed by atoms with Gasteiger partial charge < -0.3 is 9.30 Å². The Morgan fingerprint density at radius 3 is 2.34 bits per heavy atom. The highest BCUT2D eigenvalue weighted by atomic mass is 32.2. The minimum atomic E-state index is -3.87. The molecule has 178 valence electrons. The molecule has 1 aromatic heterocycles. The number of ether oxygens (including phenoxy) is 1. The van der Waals surface area contributed by atoms with Crippen LogP contribution in [0, 0.1) is 0 Å². The number of aromatic nitrogens is 1. The molecule has 0 bridgehead atoms. The first kappa shape index (κ1) is 24.4. The maximum atomic E-state index is 12.9. The average molecular weight is 505 g/mol. The van der Waals surface area contributed by atoms with E-state index in [0.717, 1.165) is 23.2 Å². The van der Waals surface area contributed by atoms with E-state index in [4.69, 9.17) is 4.74 Å². The number of sulfonamides is 1. The molecule has 0 saturated heterocycles. The lowest BCUT2D eigenvalue weighted by Crippen LogP contribution is -2.17. The summed E-state index contributed by atoms with van der Waals surface area (Å²) >= 11 is 1.24. The summed E-state index contributed by atoms with van der Waals surface area (Å²) in [6, 6.07) is 22.6. The monoisotopic (exact) mass is 504 g/mol. The van der Waals surface area contributed by atoms with Crippen LogP contribution in [-0.2, 0) is 23.0 Å². The van der Waals surface area contributed by atoms with Crippen LogP contribution in [0.2, 0.25) is 0 Å². The molecular weight excluding hydrogens is 480 g/mol. The zero-order valence-electron chi connectivity index (χ0n) is 19.1. The number of aryl methyl sites for hydroxylation is 1. The molecule has 4 rings (SSSR count). The molecule has 0 atom stereocenters. The van der Waals surface area contributed by atoms with Gasteiger partial charge >= 0.3 is 5.97 Å². The Labute approximate surface area is 208 Å². The third-order valence-electron chi connectivity index (χ3n) is 5.31. The van der Waals surface area contributed by atoms with E-state index >= 15 is 0 Å². The third kappa shape index (κ3) is 5.67. The third-order valence-corrected chi connectivity index (χ3v) is 7.57. The van der Waals surface area contributed by atoms with Crippen LogP contribution < -0.4 is 9.54 Å². The van der Waals surface area contributed by atoms with Gasteiger partial charge in [-0.3, -0.25) is 0 Å². The fourth-order valence-corrected chi connectivity index (χ4v) is 5.56. The summed E-state index contributed by atoms with van der Waals surface area (Å²) in [4.78, 5) is 12.8. The first-order chi connectivity index (χ1) is 16.9. The van der Waals surface area contributed by atoms with Crippen molar-refractivity contribution in [3.05, 3.63) is 113 Å². The minimum Gasteiger partial charge on any atom is -0.423 e. The van der Waals surface area contributed by atoms with Gasteiger partial charge in [0.15, 0.2) is 0 Å². The second-order valence-corrected chi connectivity index (χ2v) is 10.1. The number of allylic oxidation sites excluding steroid dienone is 1. The summed E-state index contributed by atoms with van der Waals surface area (Å²) in [5.41, 5.74) is 3.14. The number of carbonyl (C=O) groups excluding carboxylic acids is 1. The second kappa shape index (κ2) is 10.7. The number of thiazole rings is 1. The van der Waals surface area contributed by atoms with E-state index in [1.807, 2.05) is 30.5 Å². The number of hydrogen-bond donors (Lipinski definition) is 0. The van der Waals surface area contributed by atoms with Gasteiger partial charge in [0.2, 0.25) is 4.80 Å². The van der Waals surface area contributed by atoms with Crippen molar-refractivity contribution < 1.29 is 17.9 Å². The molecule has 6 nitrogen and oxygen atoms in total. The number of nitrogens with zero attached hydrogens (tertiary/aromatic N) is 2. The molecule has 35 heavy (non-hydrogen) atoms. The lowest BCUT2D eigenvalue weighted by Gasteiger charge is -2.08. The average Bonchev–Trinajstić information content (AvgIpc) is 3.26. The Morgan fingerprint density at radius 2 is 1.71 bits per heavy atom. The topological polar surface area (TPSA) is 77.7 Å². The van der Waals surface area contributed by atoms with Crippen LogP contribution in [0.3, 0.4) is 0 Å². The molecule has 0 unspecified atom stereocenters. The molecule has 0 spiro atoms. The van der Waals surface area contributed by atoms with Gasteiger partial charge in [0, 0.05) is 11.9 Å². The first-order valence-corrected chi connectivity index (χ1v) is 13.3. The van der Waals surface area contributed by atoms with Crippen LogP contribution in [0.15, 0.2) is 106 Å². The molecule has 4 aromatic rings. The number of rotatable bonds is 8. The molecule has 0 N–H and O–H groups in total. The highest BCUT2D eigenvalue weighted by Crippen LogP contribution is 2.24. The quantitative estimate of drug-likeness (QED) is 0.181. The van der Waals surface area contributed by atoms with E-state index in [0.29, 0.717) is 22.7 Å². The van der Waals surface area contributed by atoms with Gasteiger partial charge in [-0.2, -0.15) is 8.42 Å². The first-order valence-electron chi connectivity index (χ1n) is 11.0. The Balaban J connectivity index is 1.63. The molecule has 1 heterocycles. The lowest BCUT2D eigenvalue weighted by molar-refractivity contribution is 0.0734. The largest absolute Gasteiger partial charge is 0.423 e. The molecule has 0 aliphatic carbocycles. The smallest absolute Gasteiger partial charge is 0.343 e. The summed E-state index contributed by atoms with van der Waals surface area (Å²) in [6.07, 6.45) is 2.52. The predicted molar refractivity (Wildman–Crippen MR) is 138 cm³/mol. The Kier molecular flexibility index (Phi) is 7.43. The Hall–Kier alpha value is -3.75. The van der Waals surface area contributed by atoms with Gasteiger partial charge in [-0.1, -0.05) is 43.3 Å². The van der Waals surface area contributed by atoms with E-state index in [-0.39, 0.29) is 4.90 Å². The predicted octanol–water partition coefficient (Wildman–Crippen LogP) is 5.47. The maximum Gasteiger partial charge on any atom is 0.343 e. The minimum absolute atomic E-state index is 0.152. The summed E-state index contributed by atoms with van der Waals surface area (Å²) in [7, 11) is -3.87. The van der Waals surface area contributed by atoms with Crippen LogP contribution >= 0.6 is 11.3 Å². The second-order valence-electron chi connectivity index (χ2n) is 7.65. The summed E-state index contributed by atoms with van der Waals surface area (Å²) < 4.78 is 37.2. The van der Waals surface area contributed by atoms with Crippen molar-refractivity contribution in [2.45, 2.75) is 24.8 Å². The maximum absolute atomic E-state index is 12.9. The lowest BCUT2D eigenvalue weighted by atomic mass is 10.1. The van der Waals surface area contributed by atoms with E-state index in [2.05, 4.69) is 11.0 Å². The Bertz CT molecular complexity index is 1500. The van der Waals surface area contributed by atoms with Gasteiger partial charge in [0.05, 0.1) is 16.2 Å². The molecule has 8 heteroatoms. The molecule has 0 aliphatic rings. The molecule has 0 amide bonds. The van der Waals surface area contributed by atoms with Crippen LogP contribution in [0.25, 0.3) is 11.3 Å². The van der Waals surface area contributed by atoms with Gasteiger partial charge in [0.25, 0.3) is 10.0 Å². The van der Waals surface area contributed by atoms with E-state index in [1.165, 1.54) is 11.3 Å². The normalized spacial score (nSPS) is 11.9. The van der Waals surface area contributed by atoms with Crippen LogP contribution in [0.5, 0.6) is 5.75 Å². The zero-order valence-corrected chi connectivity index (χ0v) is 20.8. The number of esters is 1. The van der Waals surface area contributed by atoms with Gasteiger partial charge in [-0.25, -0.2) is 4.79 Å². The zero-order chi connectivity index (χ0) is 24.8. The fourth-order valence-electron chi connectivity index (χ4n) is 3.43. The van der Waals surface area contributed by atoms with Crippen molar-refractivity contribution >= 4 is 27.3 Å². The van der Waals surface area contributed by atoms with Crippen LogP contribution in [0.4, 0.5) is 0 Å². The number of hydrogen-bond acceptors (Lipinski definition) is 5.